The van der Waals surface area contributed by atoms with Crippen LogP contribution in [0.2, 0.25) is 0 Å². The Kier molecular flexibility index (Phi) is 6.88. The van der Waals surface area contributed by atoms with Crippen molar-refractivity contribution in [3.8, 4) is 11.1 Å². The summed E-state index contributed by atoms with van der Waals surface area (Å²) in [5.74, 6) is -1.09. The zero-order valence-corrected chi connectivity index (χ0v) is 20.6. The Balaban J connectivity index is 1.37. The molecule has 4 rings (SSSR count). The van der Waals surface area contributed by atoms with E-state index in [2.05, 4.69) is 34.9 Å². The monoisotopic (exact) mass is 478 g/mol. The zero-order valence-electron chi connectivity index (χ0n) is 20.6. The molecule has 186 valence electrons. The molecule has 7 heteroatoms. The molecule has 0 bridgehead atoms. The van der Waals surface area contributed by atoms with E-state index in [0.29, 0.717) is 12.8 Å². The Bertz CT molecular complexity index is 1080. The van der Waals surface area contributed by atoms with E-state index >= 15 is 0 Å². The van der Waals surface area contributed by atoms with Crippen LogP contribution in [0.1, 0.15) is 63.5 Å². The van der Waals surface area contributed by atoms with E-state index in [9.17, 15) is 14.4 Å². The van der Waals surface area contributed by atoms with Crippen LogP contribution in [0.3, 0.4) is 0 Å². The second-order valence-electron chi connectivity index (χ2n) is 10.7. The van der Waals surface area contributed by atoms with E-state index in [4.69, 9.17) is 9.84 Å². The number of amides is 2. The van der Waals surface area contributed by atoms with Crippen molar-refractivity contribution >= 4 is 18.0 Å². The van der Waals surface area contributed by atoms with Crippen LogP contribution in [0.4, 0.5) is 4.79 Å². The minimum Gasteiger partial charge on any atom is -0.481 e. The Hall–Kier alpha value is -3.35. The van der Waals surface area contributed by atoms with Crippen LogP contribution in [0.25, 0.3) is 11.1 Å². The lowest BCUT2D eigenvalue weighted by Crippen LogP contribution is -2.52. The van der Waals surface area contributed by atoms with E-state index < -0.39 is 22.9 Å². The number of carbonyl (C=O) groups is 3. The summed E-state index contributed by atoms with van der Waals surface area (Å²) in [6.07, 6.45) is 1.59. The van der Waals surface area contributed by atoms with Crippen molar-refractivity contribution in [3.05, 3.63) is 59.7 Å². The SMILES string of the molecule is CC(C)(CNC(=O)C1(C)CCCC1NC(=O)OCC1c2ccccc2-c2ccccc21)CC(=O)O. The summed E-state index contributed by atoms with van der Waals surface area (Å²) in [4.78, 5) is 37.0. The summed E-state index contributed by atoms with van der Waals surface area (Å²) in [5, 5.41) is 14.9. The molecule has 2 atom stereocenters. The van der Waals surface area contributed by atoms with Gasteiger partial charge in [0, 0.05) is 18.5 Å². The molecule has 2 aliphatic carbocycles. The first kappa shape index (κ1) is 24.8. The van der Waals surface area contributed by atoms with Gasteiger partial charge >= 0.3 is 12.1 Å². The summed E-state index contributed by atoms with van der Waals surface area (Å²) in [6.45, 7) is 5.95. The molecule has 2 unspecified atom stereocenters. The predicted octanol–water partition coefficient (Wildman–Crippen LogP) is 4.70. The second kappa shape index (κ2) is 9.72. The first-order chi connectivity index (χ1) is 16.6. The van der Waals surface area contributed by atoms with Crippen molar-refractivity contribution in [3.63, 3.8) is 0 Å². The molecule has 0 aromatic heterocycles. The van der Waals surface area contributed by atoms with Crippen LogP contribution in [0.15, 0.2) is 48.5 Å². The van der Waals surface area contributed by atoms with Gasteiger partial charge in [-0.05, 0) is 47.4 Å². The highest BCUT2D eigenvalue weighted by atomic mass is 16.5. The van der Waals surface area contributed by atoms with E-state index in [1.165, 1.54) is 11.1 Å². The lowest BCUT2D eigenvalue weighted by atomic mass is 9.82. The van der Waals surface area contributed by atoms with Crippen LogP contribution >= 0.6 is 0 Å². The summed E-state index contributed by atoms with van der Waals surface area (Å²) in [6, 6.07) is 16.0. The maximum Gasteiger partial charge on any atom is 0.407 e. The average Bonchev–Trinajstić information content (AvgIpc) is 3.34. The Morgan fingerprint density at radius 2 is 1.66 bits per heavy atom. The first-order valence-corrected chi connectivity index (χ1v) is 12.2. The number of alkyl carbamates (subject to hydrolysis) is 1. The molecule has 2 aromatic carbocycles. The van der Waals surface area contributed by atoms with Gasteiger partial charge in [-0.2, -0.15) is 0 Å². The summed E-state index contributed by atoms with van der Waals surface area (Å²) in [5.41, 5.74) is 3.30. The van der Waals surface area contributed by atoms with Gasteiger partial charge in [-0.3, -0.25) is 9.59 Å². The molecule has 0 saturated heterocycles. The molecule has 0 radical (unpaired) electrons. The van der Waals surface area contributed by atoms with Crippen molar-refractivity contribution in [1.82, 2.24) is 10.6 Å². The number of fused-ring (bicyclic) bond motifs is 3. The molecular formula is C28H34N2O5. The van der Waals surface area contributed by atoms with E-state index in [1.807, 2.05) is 45.0 Å². The largest absolute Gasteiger partial charge is 0.481 e. The number of carboxylic acids is 1. The molecule has 2 aliphatic rings. The average molecular weight is 479 g/mol. The van der Waals surface area contributed by atoms with Crippen LogP contribution < -0.4 is 10.6 Å². The fraction of sp³-hybridized carbons (Fsp3) is 0.464. The van der Waals surface area contributed by atoms with Crippen LogP contribution in [0.5, 0.6) is 0 Å². The van der Waals surface area contributed by atoms with E-state index in [0.717, 1.165) is 17.5 Å². The lowest BCUT2D eigenvalue weighted by Gasteiger charge is -2.32. The topological polar surface area (TPSA) is 105 Å². The lowest BCUT2D eigenvalue weighted by molar-refractivity contribution is -0.140. The normalized spacial score (nSPS) is 21.2. The van der Waals surface area contributed by atoms with E-state index in [1.54, 1.807) is 0 Å². The number of benzene rings is 2. The van der Waals surface area contributed by atoms with Crippen LogP contribution in [0, 0.1) is 10.8 Å². The first-order valence-electron chi connectivity index (χ1n) is 12.2. The molecule has 1 saturated carbocycles. The Morgan fingerprint density at radius 1 is 1.06 bits per heavy atom. The number of nitrogens with one attached hydrogen (secondary N) is 2. The summed E-state index contributed by atoms with van der Waals surface area (Å²) in [7, 11) is 0. The number of aliphatic carboxylic acids is 1. The third kappa shape index (κ3) is 5.19. The van der Waals surface area contributed by atoms with Gasteiger partial charge in [-0.1, -0.05) is 68.8 Å². The molecule has 2 aromatic rings. The smallest absolute Gasteiger partial charge is 0.407 e. The van der Waals surface area contributed by atoms with Crippen molar-refractivity contribution in [2.75, 3.05) is 13.2 Å². The van der Waals surface area contributed by atoms with Gasteiger partial charge in [-0.15, -0.1) is 0 Å². The molecule has 7 nitrogen and oxygen atoms in total. The van der Waals surface area contributed by atoms with Crippen LogP contribution in [-0.2, 0) is 14.3 Å². The van der Waals surface area contributed by atoms with Crippen molar-refractivity contribution in [2.24, 2.45) is 10.8 Å². The van der Waals surface area contributed by atoms with Crippen molar-refractivity contribution < 1.29 is 24.2 Å². The van der Waals surface area contributed by atoms with E-state index in [-0.39, 0.29) is 37.4 Å². The summed E-state index contributed by atoms with van der Waals surface area (Å²) < 4.78 is 5.69. The van der Waals surface area contributed by atoms with Gasteiger partial charge in [0.2, 0.25) is 5.91 Å². The third-order valence-corrected chi connectivity index (χ3v) is 7.47. The van der Waals surface area contributed by atoms with Crippen molar-refractivity contribution in [1.29, 1.82) is 0 Å². The minimum absolute atomic E-state index is 0.0251. The van der Waals surface area contributed by atoms with Crippen molar-refractivity contribution in [2.45, 2.75) is 58.4 Å². The number of ether oxygens (including phenoxy) is 1. The fourth-order valence-electron chi connectivity index (χ4n) is 5.45. The van der Waals surface area contributed by atoms with Gasteiger partial charge in [-0.25, -0.2) is 4.79 Å². The van der Waals surface area contributed by atoms with Gasteiger partial charge in [0.05, 0.1) is 11.8 Å². The summed E-state index contributed by atoms with van der Waals surface area (Å²) >= 11 is 0. The molecule has 35 heavy (non-hydrogen) atoms. The number of rotatable bonds is 8. The quantitative estimate of drug-likeness (QED) is 0.510. The number of carbonyl (C=O) groups excluding carboxylic acids is 2. The molecule has 2 amide bonds. The Labute approximate surface area is 206 Å². The molecule has 0 aliphatic heterocycles. The molecule has 3 N–H and O–H groups in total. The Morgan fingerprint density at radius 3 is 2.26 bits per heavy atom. The molecule has 1 fully saturated rings. The maximum absolute atomic E-state index is 13.1. The van der Waals surface area contributed by atoms with Gasteiger partial charge < -0.3 is 20.5 Å². The zero-order chi connectivity index (χ0) is 25.2. The second-order valence-corrected chi connectivity index (χ2v) is 10.7. The van der Waals surface area contributed by atoms with Gasteiger partial charge in [0.15, 0.2) is 0 Å². The van der Waals surface area contributed by atoms with Gasteiger partial charge in [0.25, 0.3) is 0 Å². The highest BCUT2D eigenvalue weighted by Crippen LogP contribution is 2.44. The highest BCUT2D eigenvalue weighted by Gasteiger charge is 2.46. The minimum atomic E-state index is -0.897. The van der Waals surface area contributed by atoms with Crippen LogP contribution in [-0.4, -0.2) is 42.3 Å². The predicted molar refractivity (Wildman–Crippen MR) is 133 cm³/mol. The third-order valence-electron chi connectivity index (χ3n) is 7.47. The molecule has 0 spiro atoms. The number of hydrogen-bond acceptors (Lipinski definition) is 4. The number of carboxylic acid groups (broad SMARTS) is 1. The molecular weight excluding hydrogens is 444 g/mol. The molecule has 0 heterocycles. The maximum atomic E-state index is 13.1. The number of hydrogen-bond donors (Lipinski definition) is 3. The standard InChI is InChI=1S/C28H34N2O5/c1-27(2,15-24(31)32)17-29-25(33)28(3)14-8-13-23(28)30-26(34)35-16-22-20-11-6-4-9-18(20)19-10-5-7-12-21(19)22/h4-7,9-12,22-23H,8,13-17H2,1-3H3,(H,29,33)(H,30,34)(H,31,32). The van der Waals surface area contributed by atoms with Gasteiger partial charge in [0.1, 0.15) is 6.61 Å². The fourth-order valence-corrected chi connectivity index (χ4v) is 5.45. The highest BCUT2D eigenvalue weighted by molar-refractivity contribution is 5.84.